The normalized spacial score (nSPS) is 21.3. The second kappa shape index (κ2) is 5.84. The van der Waals surface area contributed by atoms with Crippen LogP contribution in [-0.2, 0) is 16.1 Å². The fraction of sp³-hybridized carbons (Fsp3) is 0.500. The standard InChI is InChI=1S/C16H21FN2O2/c1-4-6-13-14(20)19(16(2,3)15(21)18-13)10-11-7-5-8-12(17)9-11/h5,7-9,13H,4,6,10H2,1-3H3,(H,18,21). The zero-order valence-electron chi connectivity index (χ0n) is 12.6. The third-order valence-corrected chi connectivity index (χ3v) is 3.91. The van der Waals surface area contributed by atoms with Crippen molar-refractivity contribution in [1.29, 1.82) is 0 Å². The summed E-state index contributed by atoms with van der Waals surface area (Å²) >= 11 is 0. The van der Waals surface area contributed by atoms with Crippen molar-refractivity contribution in [2.45, 2.75) is 51.7 Å². The van der Waals surface area contributed by atoms with Gasteiger partial charge in [0.1, 0.15) is 17.4 Å². The number of nitrogens with one attached hydrogen (secondary N) is 1. The molecule has 2 rings (SSSR count). The number of amides is 2. The molecule has 0 radical (unpaired) electrons. The Labute approximate surface area is 124 Å². The predicted octanol–water partition coefficient (Wildman–Crippen LogP) is 2.23. The molecule has 1 aromatic rings. The van der Waals surface area contributed by atoms with E-state index in [9.17, 15) is 14.0 Å². The number of hydrogen-bond donors (Lipinski definition) is 1. The molecule has 0 spiro atoms. The van der Waals surface area contributed by atoms with Crippen molar-refractivity contribution in [2.75, 3.05) is 0 Å². The Kier molecular flexibility index (Phi) is 4.30. The lowest BCUT2D eigenvalue weighted by molar-refractivity contribution is -0.156. The maximum Gasteiger partial charge on any atom is 0.246 e. The Morgan fingerprint density at radius 1 is 1.33 bits per heavy atom. The van der Waals surface area contributed by atoms with Crippen LogP contribution >= 0.6 is 0 Å². The van der Waals surface area contributed by atoms with E-state index >= 15 is 0 Å². The van der Waals surface area contributed by atoms with Crippen LogP contribution in [0.15, 0.2) is 24.3 Å². The minimum atomic E-state index is -0.937. The van der Waals surface area contributed by atoms with E-state index in [2.05, 4.69) is 5.32 Å². The number of carbonyl (C=O) groups excluding carboxylic acids is 2. The van der Waals surface area contributed by atoms with E-state index in [-0.39, 0.29) is 24.2 Å². The molecule has 5 heteroatoms. The Hall–Kier alpha value is -1.91. The average molecular weight is 292 g/mol. The molecular formula is C16H21FN2O2. The summed E-state index contributed by atoms with van der Waals surface area (Å²) in [5, 5.41) is 2.78. The SMILES string of the molecule is CCCC1NC(=O)C(C)(C)N(Cc2cccc(F)c2)C1=O. The fourth-order valence-electron chi connectivity index (χ4n) is 2.56. The second-order valence-electron chi connectivity index (χ2n) is 5.93. The number of halogens is 1. The van der Waals surface area contributed by atoms with Gasteiger partial charge in [0.25, 0.3) is 0 Å². The molecule has 1 fully saturated rings. The lowest BCUT2D eigenvalue weighted by atomic mass is 9.93. The first-order valence-electron chi connectivity index (χ1n) is 7.23. The molecular weight excluding hydrogens is 271 g/mol. The molecule has 1 aliphatic rings. The van der Waals surface area contributed by atoms with Gasteiger partial charge in [-0.2, -0.15) is 0 Å². The van der Waals surface area contributed by atoms with E-state index in [1.165, 1.54) is 12.1 Å². The number of carbonyl (C=O) groups is 2. The molecule has 0 bridgehead atoms. The molecule has 21 heavy (non-hydrogen) atoms. The van der Waals surface area contributed by atoms with Crippen LogP contribution in [0.5, 0.6) is 0 Å². The van der Waals surface area contributed by atoms with Crippen molar-refractivity contribution >= 4 is 11.8 Å². The summed E-state index contributed by atoms with van der Waals surface area (Å²) in [5.41, 5.74) is -0.255. The minimum absolute atomic E-state index is 0.106. The van der Waals surface area contributed by atoms with Gasteiger partial charge < -0.3 is 10.2 Å². The highest BCUT2D eigenvalue weighted by Crippen LogP contribution is 2.25. The van der Waals surface area contributed by atoms with Crippen LogP contribution in [0.2, 0.25) is 0 Å². The van der Waals surface area contributed by atoms with Crippen LogP contribution in [0.4, 0.5) is 4.39 Å². The zero-order chi connectivity index (χ0) is 15.6. The number of piperazine rings is 1. The van der Waals surface area contributed by atoms with Crippen molar-refractivity contribution in [3.05, 3.63) is 35.6 Å². The van der Waals surface area contributed by atoms with Crippen molar-refractivity contribution in [1.82, 2.24) is 10.2 Å². The van der Waals surface area contributed by atoms with Crippen molar-refractivity contribution in [2.24, 2.45) is 0 Å². The maximum absolute atomic E-state index is 13.3. The molecule has 0 saturated carbocycles. The highest BCUT2D eigenvalue weighted by molar-refractivity contribution is 5.99. The van der Waals surface area contributed by atoms with Gasteiger partial charge in [0, 0.05) is 6.54 Å². The van der Waals surface area contributed by atoms with Crippen LogP contribution in [0.25, 0.3) is 0 Å². The van der Waals surface area contributed by atoms with E-state index in [4.69, 9.17) is 0 Å². The molecule has 1 heterocycles. The topological polar surface area (TPSA) is 49.4 Å². The summed E-state index contributed by atoms with van der Waals surface area (Å²) in [6, 6.07) is 5.64. The summed E-state index contributed by atoms with van der Waals surface area (Å²) in [4.78, 5) is 26.4. The van der Waals surface area contributed by atoms with Gasteiger partial charge in [0.15, 0.2) is 0 Å². The average Bonchev–Trinajstić information content (AvgIpc) is 2.42. The molecule has 1 N–H and O–H groups in total. The van der Waals surface area contributed by atoms with E-state index in [1.807, 2.05) is 6.92 Å². The molecule has 114 valence electrons. The van der Waals surface area contributed by atoms with Crippen LogP contribution in [0.1, 0.15) is 39.2 Å². The highest BCUT2D eigenvalue weighted by atomic mass is 19.1. The molecule has 1 atom stereocenters. The second-order valence-corrected chi connectivity index (χ2v) is 5.93. The van der Waals surface area contributed by atoms with Crippen LogP contribution in [0, 0.1) is 5.82 Å². The van der Waals surface area contributed by atoms with E-state index in [0.717, 1.165) is 6.42 Å². The molecule has 0 aliphatic carbocycles. The minimum Gasteiger partial charge on any atom is -0.342 e. The molecule has 1 saturated heterocycles. The number of benzene rings is 1. The third-order valence-electron chi connectivity index (χ3n) is 3.91. The third kappa shape index (κ3) is 3.06. The van der Waals surface area contributed by atoms with Crippen molar-refractivity contribution in [3.8, 4) is 0 Å². The quantitative estimate of drug-likeness (QED) is 0.925. The monoisotopic (exact) mass is 292 g/mol. The van der Waals surface area contributed by atoms with E-state index < -0.39 is 11.6 Å². The summed E-state index contributed by atoms with van der Waals surface area (Å²) in [6.45, 7) is 5.62. The number of nitrogens with zero attached hydrogens (tertiary/aromatic N) is 1. The highest BCUT2D eigenvalue weighted by Gasteiger charge is 2.45. The van der Waals surface area contributed by atoms with Gasteiger partial charge in [0.2, 0.25) is 11.8 Å². The van der Waals surface area contributed by atoms with Crippen LogP contribution < -0.4 is 5.32 Å². The maximum atomic E-state index is 13.3. The molecule has 1 aromatic carbocycles. The molecule has 0 aromatic heterocycles. The largest absolute Gasteiger partial charge is 0.342 e. The number of rotatable bonds is 4. The molecule has 1 unspecified atom stereocenters. The van der Waals surface area contributed by atoms with Gasteiger partial charge in [-0.25, -0.2) is 4.39 Å². The van der Waals surface area contributed by atoms with Gasteiger partial charge >= 0.3 is 0 Å². The van der Waals surface area contributed by atoms with Crippen molar-refractivity contribution < 1.29 is 14.0 Å². The summed E-state index contributed by atoms with van der Waals surface area (Å²) in [7, 11) is 0. The van der Waals surface area contributed by atoms with Gasteiger partial charge in [-0.15, -0.1) is 0 Å². The lowest BCUT2D eigenvalue weighted by Crippen LogP contribution is -2.67. The first-order chi connectivity index (χ1) is 9.86. The summed E-state index contributed by atoms with van der Waals surface area (Å²) in [6.07, 6.45) is 1.42. The molecule has 2 amide bonds. The lowest BCUT2D eigenvalue weighted by Gasteiger charge is -2.44. The molecule has 1 aliphatic heterocycles. The zero-order valence-corrected chi connectivity index (χ0v) is 12.6. The molecule has 4 nitrogen and oxygen atoms in total. The Morgan fingerprint density at radius 2 is 2.05 bits per heavy atom. The van der Waals surface area contributed by atoms with E-state index in [0.29, 0.717) is 12.0 Å². The summed E-state index contributed by atoms with van der Waals surface area (Å²) in [5.74, 6) is -0.619. The van der Waals surface area contributed by atoms with Crippen LogP contribution in [0.3, 0.4) is 0 Å². The van der Waals surface area contributed by atoms with Crippen LogP contribution in [-0.4, -0.2) is 28.3 Å². The Balaban J connectivity index is 2.28. The Bertz CT molecular complexity index is 557. The smallest absolute Gasteiger partial charge is 0.246 e. The van der Waals surface area contributed by atoms with Gasteiger partial charge in [-0.3, -0.25) is 9.59 Å². The fourth-order valence-corrected chi connectivity index (χ4v) is 2.56. The number of hydrogen-bond acceptors (Lipinski definition) is 2. The Morgan fingerprint density at radius 3 is 2.67 bits per heavy atom. The van der Waals surface area contributed by atoms with Crippen molar-refractivity contribution in [3.63, 3.8) is 0 Å². The van der Waals surface area contributed by atoms with Gasteiger partial charge in [0.05, 0.1) is 0 Å². The van der Waals surface area contributed by atoms with Gasteiger partial charge in [-0.05, 0) is 38.0 Å². The first kappa shape index (κ1) is 15.5. The first-order valence-corrected chi connectivity index (χ1v) is 7.23. The predicted molar refractivity (Wildman–Crippen MR) is 77.9 cm³/mol. The summed E-state index contributed by atoms with van der Waals surface area (Å²) < 4.78 is 13.3. The van der Waals surface area contributed by atoms with E-state index in [1.54, 1.807) is 30.9 Å². The van der Waals surface area contributed by atoms with Gasteiger partial charge in [-0.1, -0.05) is 25.5 Å².